The molecule has 0 radical (unpaired) electrons. The van der Waals surface area contributed by atoms with Crippen molar-refractivity contribution in [1.82, 2.24) is 14.9 Å². The number of anilines is 1. The Morgan fingerprint density at radius 2 is 1.87 bits per heavy atom. The number of carbonyl (C=O) groups excluding carboxylic acids is 2. The summed E-state index contributed by atoms with van der Waals surface area (Å²) in [6.07, 6.45) is 1.43. The molecule has 1 saturated heterocycles. The van der Waals surface area contributed by atoms with Gasteiger partial charge in [0.15, 0.2) is 0 Å². The summed E-state index contributed by atoms with van der Waals surface area (Å²) in [5, 5.41) is 0.524. The van der Waals surface area contributed by atoms with Crippen LogP contribution in [-0.2, 0) is 11.3 Å². The molecule has 7 nitrogen and oxygen atoms in total. The number of aromatic amines is 1. The van der Waals surface area contributed by atoms with E-state index in [-0.39, 0.29) is 30.0 Å². The zero-order chi connectivity index (χ0) is 21.3. The molecule has 4 rings (SSSR count). The van der Waals surface area contributed by atoms with Crippen molar-refractivity contribution in [2.75, 3.05) is 11.4 Å². The van der Waals surface area contributed by atoms with E-state index in [1.54, 1.807) is 40.1 Å². The van der Waals surface area contributed by atoms with E-state index in [1.807, 2.05) is 32.0 Å². The Morgan fingerprint density at radius 1 is 1.13 bits per heavy atom. The maximum Gasteiger partial charge on any atom is 0.258 e. The predicted molar refractivity (Wildman–Crippen MR) is 115 cm³/mol. The first-order chi connectivity index (χ1) is 14.4. The van der Waals surface area contributed by atoms with Gasteiger partial charge < -0.3 is 14.8 Å². The lowest BCUT2D eigenvalue weighted by molar-refractivity contribution is -0.117. The molecule has 30 heavy (non-hydrogen) atoms. The van der Waals surface area contributed by atoms with E-state index >= 15 is 0 Å². The van der Waals surface area contributed by atoms with Crippen molar-refractivity contribution >= 4 is 28.4 Å². The highest BCUT2D eigenvalue weighted by Crippen LogP contribution is 2.22. The van der Waals surface area contributed by atoms with E-state index in [4.69, 9.17) is 0 Å². The Hall–Kier alpha value is -3.48. The summed E-state index contributed by atoms with van der Waals surface area (Å²) >= 11 is 0. The number of hydrogen-bond acceptors (Lipinski definition) is 4. The molecule has 1 aromatic heterocycles. The highest BCUT2D eigenvalue weighted by atomic mass is 16.2. The van der Waals surface area contributed by atoms with Crippen LogP contribution in [0.4, 0.5) is 5.69 Å². The minimum atomic E-state index is -0.216. The molecular formula is C23H24N4O3. The minimum Gasteiger partial charge on any atom is -0.329 e. The number of amides is 2. The van der Waals surface area contributed by atoms with Gasteiger partial charge in [-0.15, -0.1) is 0 Å². The van der Waals surface area contributed by atoms with Gasteiger partial charge in [0.2, 0.25) is 5.91 Å². The van der Waals surface area contributed by atoms with Gasteiger partial charge in [-0.05, 0) is 56.7 Å². The number of nitrogens with zero attached hydrogens (tertiary/aromatic N) is 3. The Labute approximate surface area is 174 Å². The summed E-state index contributed by atoms with van der Waals surface area (Å²) in [7, 11) is 0. The number of para-hydroxylation sites is 1. The lowest BCUT2D eigenvalue weighted by Crippen LogP contribution is -2.37. The molecule has 0 saturated carbocycles. The van der Waals surface area contributed by atoms with Crippen LogP contribution in [0.25, 0.3) is 10.9 Å². The fourth-order valence-electron chi connectivity index (χ4n) is 3.73. The van der Waals surface area contributed by atoms with E-state index < -0.39 is 0 Å². The summed E-state index contributed by atoms with van der Waals surface area (Å²) in [6, 6.07) is 14.2. The van der Waals surface area contributed by atoms with Crippen molar-refractivity contribution < 1.29 is 9.59 Å². The molecule has 2 heterocycles. The summed E-state index contributed by atoms with van der Waals surface area (Å²) in [5.41, 5.74) is 1.73. The van der Waals surface area contributed by atoms with Gasteiger partial charge >= 0.3 is 0 Å². The van der Waals surface area contributed by atoms with Crippen molar-refractivity contribution in [1.29, 1.82) is 0 Å². The van der Waals surface area contributed by atoms with E-state index in [0.29, 0.717) is 35.3 Å². The first-order valence-corrected chi connectivity index (χ1v) is 10.1. The Kier molecular flexibility index (Phi) is 5.35. The fraction of sp³-hybridized carbons (Fsp3) is 0.304. The largest absolute Gasteiger partial charge is 0.329 e. The molecule has 1 fully saturated rings. The van der Waals surface area contributed by atoms with Gasteiger partial charge in [0.05, 0.1) is 17.4 Å². The molecule has 0 bridgehead atoms. The third kappa shape index (κ3) is 3.83. The van der Waals surface area contributed by atoms with Crippen LogP contribution < -0.4 is 10.5 Å². The highest BCUT2D eigenvalue weighted by molar-refractivity contribution is 5.97. The van der Waals surface area contributed by atoms with Gasteiger partial charge in [-0.2, -0.15) is 0 Å². The van der Waals surface area contributed by atoms with Crippen LogP contribution in [0.5, 0.6) is 0 Å². The molecule has 0 aliphatic carbocycles. The van der Waals surface area contributed by atoms with Crippen LogP contribution in [0, 0.1) is 0 Å². The molecule has 0 atom stereocenters. The maximum atomic E-state index is 13.2. The maximum absolute atomic E-state index is 13.2. The number of rotatable bonds is 5. The molecule has 1 aliphatic rings. The van der Waals surface area contributed by atoms with E-state index in [0.717, 1.165) is 12.1 Å². The second-order valence-corrected chi connectivity index (χ2v) is 7.75. The minimum absolute atomic E-state index is 0.0888. The quantitative estimate of drug-likeness (QED) is 0.708. The van der Waals surface area contributed by atoms with Crippen LogP contribution in [-0.4, -0.2) is 39.3 Å². The van der Waals surface area contributed by atoms with Crippen molar-refractivity contribution in [3.63, 3.8) is 0 Å². The molecule has 1 N–H and O–H groups in total. The van der Waals surface area contributed by atoms with Crippen LogP contribution in [0.1, 0.15) is 42.9 Å². The van der Waals surface area contributed by atoms with E-state index in [9.17, 15) is 14.4 Å². The number of benzene rings is 2. The molecule has 1 aliphatic heterocycles. The second kappa shape index (κ2) is 8.10. The molecule has 7 heteroatoms. The van der Waals surface area contributed by atoms with Crippen LogP contribution in [0.15, 0.2) is 53.3 Å². The first kappa shape index (κ1) is 19.8. The zero-order valence-corrected chi connectivity index (χ0v) is 17.1. The van der Waals surface area contributed by atoms with Crippen molar-refractivity contribution in [2.45, 2.75) is 39.3 Å². The predicted octanol–water partition coefficient (Wildman–Crippen LogP) is 3.10. The van der Waals surface area contributed by atoms with Gasteiger partial charge in [0.25, 0.3) is 11.5 Å². The molecule has 2 aromatic carbocycles. The molecule has 154 valence electrons. The standard InChI is InChI=1S/C23H24N4O3/c1-15(2)27(14-20-24-19-7-4-3-6-18(19)22(29)25-20)23(30)16-9-11-17(12-10-16)26-13-5-8-21(26)28/h3-4,6-7,9-12,15H,5,8,13-14H2,1-2H3,(H,24,25,29). The molecule has 0 spiro atoms. The summed E-state index contributed by atoms with van der Waals surface area (Å²) in [6.45, 7) is 4.76. The monoisotopic (exact) mass is 404 g/mol. The van der Waals surface area contributed by atoms with Crippen LogP contribution in [0.2, 0.25) is 0 Å². The van der Waals surface area contributed by atoms with E-state index in [1.165, 1.54) is 0 Å². The van der Waals surface area contributed by atoms with Gasteiger partial charge in [0.1, 0.15) is 5.82 Å². The Bertz CT molecular complexity index is 1150. The van der Waals surface area contributed by atoms with Gasteiger partial charge in [0, 0.05) is 30.3 Å². The number of aromatic nitrogens is 2. The second-order valence-electron chi connectivity index (χ2n) is 7.75. The molecule has 0 unspecified atom stereocenters. The fourth-order valence-corrected chi connectivity index (χ4v) is 3.73. The lowest BCUT2D eigenvalue weighted by Gasteiger charge is -2.26. The van der Waals surface area contributed by atoms with Crippen LogP contribution >= 0.6 is 0 Å². The number of fused-ring (bicyclic) bond motifs is 1. The van der Waals surface area contributed by atoms with Gasteiger partial charge in [-0.25, -0.2) is 4.98 Å². The normalized spacial score (nSPS) is 14.0. The SMILES string of the molecule is CC(C)N(Cc1nc2ccccc2c(=O)[nH]1)C(=O)c1ccc(N2CCCC2=O)cc1. The topological polar surface area (TPSA) is 86.4 Å². The third-order valence-corrected chi connectivity index (χ3v) is 5.37. The summed E-state index contributed by atoms with van der Waals surface area (Å²) in [4.78, 5) is 48.2. The average Bonchev–Trinajstić information content (AvgIpc) is 3.17. The summed E-state index contributed by atoms with van der Waals surface area (Å²) in [5.74, 6) is 0.407. The third-order valence-electron chi connectivity index (χ3n) is 5.37. The summed E-state index contributed by atoms with van der Waals surface area (Å²) < 4.78 is 0. The van der Waals surface area contributed by atoms with Gasteiger partial charge in [-0.3, -0.25) is 14.4 Å². The Balaban J connectivity index is 1.58. The van der Waals surface area contributed by atoms with E-state index in [2.05, 4.69) is 9.97 Å². The lowest BCUT2D eigenvalue weighted by atomic mass is 10.1. The molecular weight excluding hydrogens is 380 g/mol. The smallest absolute Gasteiger partial charge is 0.258 e. The van der Waals surface area contributed by atoms with Gasteiger partial charge in [-0.1, -0.05) is 12.1 Å². The number of nitrogens with one attached hydrogen (secondary N) is 1. The number of carbonyl (C=O) groups is 2. The Morgan fingerprint density at radius 3 is 2.53 bits per heavy atom. The van der Waals surface area contributed by atoms with Crippen molar-refractivity contribution in [2.24, 2.45) is 0 Å². The number of hydrogen-bond donors (Lipinski definition) is 1. The molecule has 2 amide bonds. The van der Waals surface area contributed by atoms with Crippen molar-refractivity contribution in [3.8, 4) is 0 Å². The van der Waals surface area contributed by atoms with Crippen LogP contribution in [0.3, 0.4) is 0 Å². The average molecular weight is 404 g/mol. The highest BCUT2D eigenvalue weighted by Gasteiger charge is 2.23. The molecule has 3 aromatic rings. The number of H-pyrrole nitrogens is 1. The first-order valence-electron chi connectivity index (χ1n) is 10.1. The zero-order valence-electron chi connectivity index (χ0n) is 17.1. The van der Waals surface area contributed by atoms with Crippen molar-refractivity contribution in [3.05, 3.63) is 70.3 Å².